The molecule has 1 atom stereocenters. The highest BCUT2D eigenvalue weighted by atomic mass is 16.1. The fourth-order valence-electron chi connectivity index (χ4n) is 1.65. The summed E-state index contributed by atoms with van der Waals surface area (Å²) in [4.78, 5) is 12.1. The second-order valence-corrected chi connectivity index (χ2v) is 4.72. The molecular weight excluding hydrogens is 198 g/mol. The average Bonchev–Trinajstić information content (AvgIpc) is 2.26. The molecular formula is C14H21NO. The molecule has 0 fully saturated rings. The van der Waals surface area contributed by atoms with Gasteiger partial charge < -0.3 is 5.32 Å². The lowest BCUT2D eigenvalue weighted by atomic mass is 9.95. The third-order valence-corrected chi connectivity index (χ3v) is 2.49. The Balaban J connectivity index is 2.92. The molecule has 0 amide bonds. The SMILES string of the molecule is CC(C)N[C@H](C(=O)C(C)C)c1ccccc1. The molecule has 0 spiro atoms. The summed E-state index contributed by atoms with van der Waals surface area (Å²) in [5.41, 5.74) is 1.05. The molecule has 0 saturated carbocycles. The van der Waals surface area contributed by atoms with Crippen molar-refractivity contribution < 1.29 is 4.79 Å². The lowest BCUT2D eigenvalue weighted by Gasteiger charge is -2.22. The van der Waals surface area contributed by atoms with E-state index in [-0.39, 0.29) is 17.7 Å². The van der Waals surface area contributed by atoms with Crippen molar-refractivity contribution in [3.05, 3.63) is 35.9 Å². The molecule has 0 radical (unpaired) electrons. The van der Waals surface area contributed by atoms with Crippen LogP contribution < -0.4 is 5.32 Å². The summed E-state index contributed by atoms with van der Waals surface area (Å²) in [6, 6.07) is 10.0. The molecule has 0 aromatic heterocycles. The van der Waals surface area contributed by atoms with Crippen molar-refractivity contribution in [3.8, 4) is 0 Å². The standard InChI is InChI=1S/C14H21NO/c1-10(2)14(16)13(15-11(3)4)12-8-6-5-7-9-12/h5-11,13,15H,1-4H3/t13-/m0/s1. The first-order valence-corrected chi connectivity index (χ1v) is 5.87. The molecule has 0 aliphatic heterocycles. The molecule has 88 valence electrons. The largest absolute Gasteiger partial charge is 0.302 e. The Morgan fingerprint density at radius 1 is 1.06 bits per heavy atom. The summed E-state index contributed by atoms with van der Waals surface area (Å²) < 4.78 is 0. The van der Waals surface area contributed by atoms with E-state index in [2.05, 4.69) is 19.2 Å². The fraction of sp³-hybridized carbons (Fsp3) is 0.500. The van der Waals surface area contributed by atoms with Gasteiger partial charge in [0.05, 0.1) is 6.04 Å². The van der Waals surface area contributed by atoms with Crippen LogP contribution in [0.4, 0.5) is 0 Å². The highest BCUT2D eigenvalue weighted by molar-refractivity contribution is 5.86. The monoisotopic (exact) mass is 219 g/mol. The summed E-state index contributed by atoms with van der Waals surface area (Å²) >= 11 is 0. The second kappa shape index (κ2) is 5.80. The quantitative estimate of drug-likeness (QED) is 0.825. The molecule has 2 nitrogen and oxygen atoms in total. The minimum Gasteiger partial charge on any atom is -0.302 e. The van der Waals surface area contributed by atoms with E-state index in [9.17, 15) is 4.79 Å². The maximum absolute atomic E-state index is 12.1. The van der Waals surface area contributed by atoms with E-state index in [1.54, 1.807) is 0 Å². The Kier molecular flexibility index (Phi) is 4.69. The summed E-state index contributed by atoms with van der Waals surface area (Å²) in [5, 5.41) is 3.33. The van der Waals surface area contributed by atoms with Gasteiger partial charge >= 0.3 is 0 Å². The normalized spacial score (nSPS) is 13.1. The van der Waals surface area contributed by atoms with Crippen molar-refractivity contribution >= 4 is 5.78 Å². The number of benzene rings is 1. The molecule has 0 bridgehead atoms. The van der Waals surface area contributed by atoms with Gasteiger partial charge in [-0.15, -0.1) is 0 Å². The third-order valence-electron chi connectivity index (χ3n) is 2.49. The van der Waals surface area contributed by atoms with E-state index in [4.69, 9.17) is 0 Å². The maximum atomic E-state index is 12.1. The fourth-order valence-corrected chi connectivity index (χ4v) is 1.65. The highest BCUT2D eigenvalue weighted by Crippen LogP contribution is 2.18. The predicted octanol–water partition coefficient (Wildman–Crippen LogP) is 2.95. The van der Waals surface area contributed by atoms with Crippen molar-refractivity contribution in [3.63, 3.8) is 0 Å². The molecule has 0 heterocycles. The van der Waals surface area contributed by atoms with Crippen LogP contribution in [-0.2, 0) is 4.79 Å². The molecule has 0 aliphatic rings. The third kappa shape index (κ3) is 3.46. The van der Waals surface area contributed by atoms with Crippen molar-refractivity contribution in [1.29, 1.82) is 0 Å². The molecule has 2 heteroatoms. The smallest absolute Gasteiger partial charge is 0.156 e. The zero-order valence-corrected chi connectivity index (χ0v) is 10.5. The zero-order valence-electron chi connectivity index (χ0n) is 10.5. The Morgan fingerprint density at radius 3 is 2.06 bits per heavy atom. The van der Waals surface area contributed by atoms with Crippen LogP contribution >= 0.6 is 0 Å². The van der Waals surface area contributed by atoms with Gasteiger partial charge in [0.1, 0.15) is 0 Å². The van der Waals surface area contributed by atoms with Gasteiger partial charge in [-0.05, 0) is 19.4 Å². The Labute approximate surface area is 98.1 Å². The first-order chi connectivity index (χ1) is 7.52. The van der Waals surface area contributed by atoms with Crippen LogP contribution in [0.2, 0.25) is 0 Å². The lowest BCUT2D eigenvalue weighted by Crippen LogP contribution is -2.35. The van der Waals surface area contributed by atoms with Crippen molar-refractivity contribution in [2.24, 2.45) is 5.92 Å². The molecule has 0 saturated heterocycles. The van der Waals surface area contributed by atoms with Gasteiger partial charge in [-0.2, -0.15) is 0 Å². The van der Waals surface area contributed by atoms with Crippen LogP contribution in [0.5, 0.6) is 0 Å². The zero-order chi connectivity index (χ0) is 12.1. The Hall–Kier alpha value is -1.15. The van der Waals surface area contributed by atoms with Gasteiger partial charge in [-0.3, -0.25) is 4.79 Å². The van der Waals surface area contributed by atoms with E-state index in [1.807, 2.05) is 44.2 Å². The number of Topliss-reactive ketones (excluding diaryl/α,β-unsaturated/α-hetero) is 1. The number of nitrogens with one attached hydrogen (secondary N) is 1. The molecule has 1 aromatic carbocycles. The van der Waals surface area contributed by atoms with Gasteiger partial charge in [0.15, 0.2) is 5.78 Å². The van der Waals surface area contributed by atoms with Gasteiger partial charge in [-0.1, -0.05) is 44.2 Å². The number of carbonyl (C=O) groups excluding carboxylic acids is 1. The van der Waals surface area contributed by atoms with E-state index >= 15 is 0 Å². The highest BCUT2D eigenvalue weighted by Gasteiger charge is 2.22. The van der Waals surface area contributed by atoms with Crippen LogP contribution in [0.1, 0.15) is 39.3 Å². The Morgan fingerprint density at radius 2 is 1.62 bits per heavy atom. The van der Waals surface area contributed by atoms with Gasteiger partial charge in [-0.25, -0.2) is 0 Å². The van der Waals surface area contributed by atoms with Crippen LogP contribution in [-0.4, -0.2) is 11.8 Å². The van der Waals surface area contributed by atoms with E-state index in [0.29, 0.717) is 6.04 Å². The minimum atomic E-state index is -0.179. The van der Waals surface area contributed by atoms with Crippen LogP contribution in [0.15, 0.2) is 30.3 Å². The van der Waals surface area contributed by atoms with E-state index < -0.39 is 0 Å². The van der Waals surface area contributed by atoms with Gasteiger partial charge in [0.25, 0.3) is 0 Å². The van der Waals surface area contributed by atoms with E-state index in [0.717, 1.165) is 5.56 Å². The second-order valence-electron chi connectivity index (χ2n) is 4.72. The number of hydrogen-bond acceptors (Lipinski definition) is 2. The average molecular weight is 219 g/mol. The van der Waals surface area contributed by atoms with Crippen LogP contribution in [0, 0.1) is 5.92 Å². The lowest BCUT2D eigenvalue weighted by molar-refractivity contribution is -0.124. The van der Waals surface area contributed by atoms with Gasteiger partial charge in [0.2, 0.25) is 0 Å². The number of hydrogen-bond donors (Lipinski definition) is 1. The Bertz CT molecular complexity index is 330. The number of carbonyl (C=O) groups is 1. The minimum absolute atomic E-state index is 0.0523. The first kappa shape index (κ1) is 12.9. The van der Waals surface area contributed by atoms with Gasteiger partial charge in [0, 0.05) is 12.0 Å². The van der Waals surface area contributed by atoms with Crippen molar-refractivity contribution in [2.45, 2.75) is 39.8 Å². The summed E-state index contributed by atoms with van der Waals surface area (Å²) in [6.07, 6.45) is 0. The topological polar surface area (TPSA) is 29.1 Å². The summed E-state index contributed by atoms with van der Waals surface area (Å²) in [7, 11) is 0. The summed E-state index contributed by atoms with van der Waals surface area (Å²) in [5.74, 6) is 0.302. The number of ketones is 1. The van der Waals surface area contributed by atoms with E-state index in [1.165, 1.54) is 0 Å². The molecule has 1 N–H and O–H groups in total. The molecule has 0 unspecified atom stereocenters. The van der Waals surface area contributed by atoms with Crippen LogP contribution in [0.3, 0.4) is 0 Å². The molecule has 1 rings (SSSR count). The first-order valence-electron chi connectivity index (χ1n) is 5.87. The van der Waals surface area contributed by atoms with Crippen molar-refractivity contribution in [2.75, 3.05) is 0 Å². The molecule has 16 heavy (non-hydrogen) atoms. The molecule has 0 aliphatic carbocycles. The maximum Gasteiger partial charge on any atom is 0.156 e. The predicted molar refractivity (Wildman–Crippen MR) is 67.3 cm³/mol. The number of rotatable bonds is 5. The van der Waals surface area contributed by atoms with Crippen LogP contribution in [0.25, 0.3) is 0 Å². The van der Waals surface area contributed by atoms with Crippen molar-refractivity contribution in [1.82, 2.24) is 5.32 Å². The summed E-state index contributed by atoms with van der Waals surface area (Å²) in [6.45, 7) is 8.01. The molecule has 1 aromatic rings.